The van der Waals surface area contributed by atoms with Gasteiger partial charge in [0.15, 0.2) is 5.96 Å². The van der Waals surface area contributed by atoms with E-state index in [0.29, 0.717) is 0 Å². The van der Waals surface area contributed by atoms with E-state index in [1.54, 1.807) is 18.8 Å². The van der Waals surface area contributed by atoms with Crippen molar-refractivity contribution < 1.29 is 0 Å². The second-order valence-electron chi connectivity index (χ2n) is 3.73. The van der Waals surface area contributed by atoms with Crippen molar-refractivity contribution in [2.45, 2.75) is 18.2 Å². The molecule has 19 heavy (non-hydrogen) atoms. The Balaban J connectivity index is 0.00000324. The first kappa shape index (κ1) is 18.9. The minimum atomic E-state index is 0. The number of rotatable bonds is 6. The number of guanidine groups is 1. The summed E-state index contributed by atoms with van der Waals surface area (Å²) in [4.78, 5) is 5.38. The maximum absolute atomic E-state index is 5.84. The lowest BCUT2D eigenvalue weighted by Crippen LogP contribution is -2.38. The predicted molar refractivity (Wildman–Crippen MR) is 97.2 cm³/mol. The van der Waals surface area contributed by atoms with Gasteiger partial charge in [0, 0.05) is 35.8 Å². The number of thioether (sulfide) groups is 1. The Morgan fingerprint density at radius 3 is 2.42 bits per heavy atom. The first-order chi connectivity index (χ1) is 8.76. The van der Waals surface area contributed by atoms with Crippen molar-refractivity contribution in [3.05, 3.63) is 29.3 Å². The van der Waals surface area contributed by atoms with Crippen LogP contribution in [0.1, 0.15) is 13.3 Å². The number of nitrogens with zero attached hydrogens (tertiary/aromatic N) is 1. The monoisotopic (exact) mass is 413 g/mol. The molecule has 0 aliphatic carbocycles. The van der Waals surface area contributed by atoms with Gasteiger partial charge in [-0.25, -0.2) is 0 Å². The molecule has 0 spiro atoms. The van der Waals surface area contributed by atoms with E-state index in [4.69, 9.17) is 11.6 Å². The van der Waals surface area contributed by atoms with Crippen molar-refractivity contribution in [2.24, 2.45) is 4.99 Å². The van der Waals surface area contributed by atoms with Gasteiger partial charge in [0.1, 0.15) is 0 Å². The molecule has 0 unspecified atom stereocenters. The van der Waals surface area contributed by atoms with Crippen LogP contribution in [-0.2, 0) is 0 Å². The SMILES string of the molecule is CCCNC(=NC)NCCSc1ccc(Cl)cc1.I. The molecule has 0 bridgehead atoms. The molecular formula is C13H21ClIN3S. The Bertz CT molecular complexity index is 371. The zero-order chi connectivity index (χ0) is 13.2. The minimum Gasteiger partial charge on any atom is -0.356 e. The number of halogens is 2. The zero-order valence-corrected chi connectivity index (χ0v) is 15.2. The molecule has 0 radical (unpaired) electrons. The van der Waals surface area contributed by atoms with Gasteiger partial charge in [0.2, 0.25) is 0 Å². The highest BCUT2D eigenvalue weighted by molar-refractivity contribution is 14.0. The fourth-order valence-electron chi connectivity index (χ4n) is 1.33. The Hall–Kier alpha value is -0.140. The molecule has 0 aliphatic rings. The van der Waals surface area contributed by atoms with Crippen LogP contribution < -0.4 is 10.6 Å². The highest BCUT2D eigenvalue weighted by Crippen LogP contribution is 2.19. The molecule has 1 rings (SSSR count). The number of nitrogens with one attached hydrogen (secondary N) is 2. The summed E-state index contributed by atoms with van der Waals surface area (Å²) in [5.41, 5.74) is 0. The second-order valence-corrected chi connectivity index (χ2v) is 5.33. The molecular weight excluding hydrogens is 393 g/mol. The molecule has 0 saturated heterocycles. The van der Waals surface area contributed by atoms with Crippen LogP contribution in [0.2, 0.25) is 5.02 Å². The molecule has 2 N–H and O–H groups in total. The van der Waals surface area contributed by atoms with Crippen molar-refractivity contribution in [3.8, 4) is 0 Å². The van der Waals surface area contributed by atoms with Gasteiger partial charge in [0.05, 0.1) is 0 Å². The lowest BCUT2D eigenvalue weighted by atomic mass is 10.4. The number of benzene rings is 1. The van der Waals surface area contributed by atoms with Crippen molar-refractivity contribution in [2.75, 3.05) is 25.9 Å². The quantitative estimate of drug-likeness (QED) is 0.246. The van der Waals surface area contributed by atoms with E-state index in [2.05, 4.69) is 22.5 Å². The van der Waals surface area contributed by atoms with Crippen LogP contribution in [0, 0.1) is 0 Å². The van der Waals surface area contributed by atoms with Crippen LogP contribution in [-0.4, -0.2) is 31.8 Å². The maximum Gasteiger partial charge on any atom is 0.191 e. The van der Waals surface area contributed by atoms with E-state index >= 15 is 0 Å². The van der Waals surface area contributed by atoms with E-state index < -0.39 is 0 Å². The molecule has 0 fully saturated rings. The number of hydrogen-bond donors (Lipinski definition) is 2. The average molecular weight is 414 g/mol. The summed E-state index contributed by atoms with van der Waals surface area (Å²) in [7, 11) is 1.79. The first-order valence-electron chi connectivity index (χ1n) is 6.09. The molecule has 0 saturated carbocycles. The predicted octanol–water partition coefficient (Wildman–Crippen LogP) is 3.63. The maximum atomic E-state index is 5.84. The highest BCUT2D eigenvalue weighted by atomic mass is 127. The van der Waals surface area contributed by atoms with Crippen LogP contribution in [0.3, 0.4) is 0 Å². The van der Waals surface area contributed by atoms with Crippen LogP contribution in [0.5, 0.6) is 0 Å². The van der Waals surface area contributed by atoms with E-state index in [1.807, 2.05) is 24.3 Å². The van der Waals surface area contributed by atoms with E-state index in [-0.39, 0.29) is 24.0 Å². The van der Waals surface area contributed by atoms with E-state index in [0.717, 1.165) is 36.2 Å². The van der Waals surface area contributed by atoms with Gasteiger partial charge in [-0.05, 0) is 30.7 Å². The molecule has 108 valence electrons. The Labute approximate surface area is 142 Å². The van der Waals surface area contributed by atoms with Gasteiger partial charge >= 0.3 is 0 Å². The summed E-state index contributed by atoms with van der Waals surface area (Å²) < 4.78 is 0. The topological polar surface area (TPSA) is 36.4 Å². The lowest BCUT2D eigenvalue weighted by Gasteiger charge is -2.10. The minimum absolute atomic E-state index is 0. The summed E-state index contributed by atoms with van der Waals surface area (Å²) in [5.74, 6) is 1.86. The summed E-state index contributed by atoms with van der Waals surface area (Å²) >= 11 is 7.64. The van der Waals surface area contributed by atoms with E-state index in [1.165, 1.54) is 4.90 Å². The Morgan fingerprint density at radius 1 is 1.21 bits per heavy atom. The fourth-order valence-corrected chi connectivity index (χ4v) is 2.23. The largest absolute Gasteiger partial charge is 0.356 e. The van der Waals surface area contributed by atoms with Gasteiger partial charge in [0.25, 0.3) is 0 Å². The molecule has 1 aromatic rings. The van der Waals surface area contributed by atoms with Gasteiger partial charge < -0.3 is 10.6 Å². The lowest BCUT2D eigenvalue weighted by molar-refractivity contribution is 0.795. The van der Waals surface area contributed by atoms with Crippen molar-refractivity contribution in [1.29, 1.82) is 0 Å². The highest BCUT2D eigenvalue weighted by Gasteiger charge is 1.97. The third kappa shape index (κ3) is 8.60. The fraction of sp³-hybridized carbons (Fsp3) is 0.462. The zero-order valence-electron chi connectivity index (χ0n) is 11.3. The van der Waals surface area contributed by atoms with Gasteiger partial charge in [-0.1, -0.05) is 18.5 Å². The molecule has 1 aromatic carbocycles. The smallest absolute Gasteiger partial charge is 0.191 e. The van der Waals surface area contributed by atoms with Crippen LogP contribution in [0.4, 0.5) is 0 Å². The van der Waals surface area contributed by atoms with Crippen LogP contribution >= 0.6 is 47.3 Å². The molecule has 0 atom stereocenters. The van der Waals surface area contributed by atoms with E-state index in [9.17, 15) is 0 Å². The molecule has 0 amide bonds. The third-order valence-corrected chi connectivity index (χ3v) is 3.51. The van der Waals surface area contributed by atoms with Gasteiger partial charge in [-0.2, -0.15) is 0 Å². The van der Waals surface area contributed by atoms with Gasteiger partial charge in [-0.3, -0.25) is 4.99 Å². The summed E-state index contributed by atoms with van der Waals surface area (Å²) in [6.45, 7) is 3.97. The summed E-state index contributed by atoms with van der Waals surface area (Å²) in [6.07, 6.45) is 1.10. The molecule has 0 heterocycles. The molecule has 6 heteroatoms. The Morgan fingerprint density at radius 2 is 1.84 bits per heavy atom. The first-order valence-corrected chi connectivity index (χ1v) is 7.45. The standard InChI is InChI=1S/C13H20ClN3S.HI/c1-3-8-16-13(15-2)17-9-10-18-12-6-4-11(14)5-7-12;/h4-7H,3,8-10H2,1-2H3,(H2,15,16,17);1H. The molecule has 3 nitrogen and oxygen atoms in total. The normalized spacial score (nSPS) is 10.8. The Kier molecular flexibility index (Phi) is 11.6. The third-order valence-electron chi connectivity index (χ3n) is 2.24. The number of hydrogen-bond acceptors (Lipinski definition) is 2. The van der Waals surface area contributed by atoms with Crippen molar-refractivity contribution in [1.82, 2.24) is 10.6 Å². The van der Waals surface area contributed by atoms with Crippen molar-refractivity contribution in [3.63, 3.8) is 0 Å². The average Bonchev–Trinajstić information content (AvgIpc) is 2.40. The number of aliphatic imine (C=N–C) groups is 1. The van der Waals surface area contributed by atoms with Crippen LogP contribution in [0.25, 0.3) is 0 Å². The summed E-state index contributed by atoms with van der Waals surface area (Å²) in [6, 6.07) is 7.91. The molecule has 0 aliphatic heterocycles. The molecule has 0 aromatic heterocycles. The van der Waals surface area contributed by atoms with Crippen LogP contribution in [0.15, 0.2) is 34.2 Å². The summed E-state index contributed by atoms with van der Waals surface area (Å²) in [5, 5.41) is 7.29. The van der Waals surface area contributed by atoms with Crippen molar-refractivity contribution >= 4 is 53.3 Å². The van der Waals surface area contributed by atoms with Gasteiger partial charge in [-0.15, -0.1) is 35.7 Å². The second kappa shape index (κ2) is 11.7.